The van der Waals surface area contributed by atoms with Crippen LogP contribution in [0.2, 0.25) is 0 Å². The van der Waals surface area contributed by atoms with E-state index in [1.54, 1.807) is 0 Å². The molecule has 0 N–H and O–H groups in total. The van der Waals surface area contributed by atoms with Crippen molar-refractivity contribution in [3.63, 3.8) is 0 Å². The number of hydrogen-bond donors (Lipinski definition) is 0. The molecule has 0 bridgehead atoms. The normalized spacial score (nSPS) is 11.9. The van der Waals surface area contributed by atoms with Crippen molar-refractivity contribution in [1.82, 2.24) is 19.1 Å². The molecule has 13 aromatic rings. The molecular formula is C56H34N4O. The molecule has 0 aliphatic rings. The Bertz CT molecular complexity index is 3840. The smallest absolute Gasteiger partial charge is 0.160 e. The first-order chi connectivity index (χ1) is 30.3. The van der Waals surface area contributed by atoms with Crippen molar-refractivity contribution in [2.75, 3.05) is 0 Å². The molecule has 13 rings (SSSR count). The lowest BCUT2D eigenvalue weighted by Crippen LogP contribution is -1.99. The summed E-state index contributed by atoms with van der Waals surface area (Å²) in [5.74, 6) is 0.691. The minimum atomic E-state index is 0.691. The molecule has 5 heteroatoms. The van der Waals surface area contributed by atoms with E-state index in [2.05, 4.69) is 191 Å². The molecule has 0 saturated carbocycles. The second-order valence-corrected chi connectivity index (χ2v) is 15.7. The van der Waals surface area contributed by atoms with Gasteiger partial charge in [-0.05, 0) is 77.9 Å². The van der Waals surface area contributed by atoms with E-state index in [0.717, 1.165) is 93.9 Å². The van der Waals surface area contributed by atoms with Gasteiger partial charge in [-0.25, -0.2) is 9.97 Å². The van der Waals surface area contributed by atoms with E-state index in [0.29, 0.717) is 5.82 Å². The van der Waals surface area contributed by atoms with Gasteiger partial charge < -0.3 is 13.6 Å². The summed E-state index contributed by atoms with van der Waals surface area (Å²) in [6.07, 6.45) is 0. The SMILES string of the molecule is c1ccc(-c2ccc(-n3c4ccccc4c4ccc5c6c7oc8ccccc8c7ccc6n(-c6ccc(-c7nc(-c8ccccc8)c8ccccc8n7)cc6)c5c43)cc2)cc1. The van der Waals surface area contributed by atoms with Gasteiger partial charge in [0.15, 0.2) is 5.82 Å². The molecule has 0 saturated heterocycles. The van der Waals surface area contributed by atoms with E-state index in [9.17, 15) is 0 Å². The van der Waals surface area contributed by atoms with Gasteiger partial charge in [-0.1, -0.05) is 140 Å². The third kappa shape index (κ3) is 5.08. The Hall–Kier alpha value is -8.28. The summed E-state index contributed by atoms with van der Waals surface area (Å²) in [5, 5.41) is 7.87. The van der Waals surface area contributed by atoms with Gasteiger partial charge in [0, 0.05) is 54.8 Å². The van der Waals surface area contributed by atoms with Crippen LogP contribution < -0.4 is 0 Å². The topological polar surface area (TPSA) is 48.8 Å². The molecule has 0 spiro atoms. The molecule has 9 aromatic carbocycles. The summed E-state index contributed by atoms with van der Waals surface area (Å²) in [6.45, 7) is 0. The van der Waals surface area contributed by atoms with Crippen molar-refractivity contribution in [2.24, 2.45) is 0 Å². The Morgan fingerprint density at radius 2 is 0.902 bits per heavy atom. The van der Waals surface area contributed by atoms with Crippen LogP contribution in [-0.2, 0) is 0 Å². The number of furan rings is 1. The average Bonchev–Trinajstić information content (AvgIpc) is 4.00. The lowest BCUT2D eigenvalue weighted by atomic mass is 10.1. The first-order valence-corrected chi connectivity index (χ1v) is 20.7. The van der Waals surface area contributed by atoms with Crippen LogP contribution in [0.4, 0.5) is 0 Å². The average molecular weight is 779 g/mol. The van der Waals surface area contributed by atoms with Crippen LogP contribution in [0.5, 0.6) is 0 Å². The number of fused-ring (bicyclic) bond motifs is 12. The predicted octanol–water partition coefficient (Wildman–Crippen LogP) is 14.7. The highest BCUT2D eigenvalue weighted by Crippen LogP contribution is 2.45. The van der Waals surface area contributed by atoms with E-state index >= 15 is 0 Å². The molecule has 5 nitrogen and oxygen atoms in total. The van der Waals surface area contributed by atoms with Crippen LogP contribution in [-0.4, -0.2) is 19.1 Å². The van der Waals surface area contributed by atoms with Gasteiger partial charge >= 0.3 is 0 Å². The summed E-state index contributed by atoms with van der Waals surface area (Å²) in [6, 6.07) is 73.0. The molecule has 284 valence electrons. The maximum absolute atomic E-state index is 6.79. The number of para-hydroxylation sites is 3. The summed E-state index contributed by atoms with van der Waals surface area (Å²) in [4.78, 5) is 10.3. The van der Waals surface area contributed by atoms with E-state index in [1.165, 1.54) is 21.9 Å². The zero-order valence-electron chi connectivity index (χ0n) is 32.8. The molecule has 0 aliphatic heterocycles. The Morgan fingerprint density at radius 1 is 0.344 bits per heavy atom. The third-order valence-electron chi connectivity index (χ3n) is 12.3. The fourth-order valence-electron chi connectivity index (χ4n) is 9.57. The second kappa shape index (κ2) is 13.1. The van der Waals surface area contributed by atoms with Crippen LogP contribution >= 0.6 is 0 Å². The Kier molecular flexibility index (Phi) is 7.24. The van der Waals surface area contributed by atoms with Crippen molar-refractivity contribution >= 4 is 76.5 Å². The Morgan fingerprint density at radius 3 is 1.67 bits per heavy atom. The van der Waals surface area contributed by atoms with Crippen molar-refractivity contribution < 1.29 is 4.42 Å². The highest BCUT2D eigenvalue weighted by molar-refractivity contribution is 6.29. The molecular weight excluding hydrogens is 745 g/mol. The highest BCUT2D eigenvalue weighted by atomic mass is 16.3. The van der Waals surface area contributed by atoms with Crippen LogP contribution in [0, 0.1) is 0 Å². The van der Waals surface area contributed by atoms with Gasteiger partial charge in [-0.15, -0.1) is 0 Å². The fourth-order valence-corrected chi connectivity index (χ4v) is 9.57. The minimum Gasteiger partial charge on any atom is -0.455 e. The molecule has 0 amide bonds. The van der Waals surface area contributed by atoms with Crippen LogP contribution in [0.25, 0.3) is 122 Å². The molecule has 4 heterocycles. The zero-order valence-corrected chi connectivity index (χ0v) is 32.8. The zero-order chi connectivity index (χ0) is 40.0. The van der Waals surface area contributed by atoms with Crippen LogP contribution in [0.15, 0.2) is 211 Å². The second-order valence-electron chi connectivity index (χ2n) is 15.7. The molecule has 0 unspecified atom stereocenters. The van der Waals surface area contributed by atoms with E-state index < -0.39 is 0 Å². The third-order valence-corrected chi connectivity index (χ3v) is 12.3. The maximum atomic E-state index is 6.79. The Labute approximate surface area is 350 Å². The lowest BCUT2D eigenvalue weighted by Gasteiger charge is -2.14. The van der Waals surface area contributed by atoms with Crippen molar-refractivity contribution in [3.05, 3.63) is 206 Å². The maximum Gasteiger partial charge on any atom is 0.160 e. The Balaban J connectivity index is 1.09. The standard InChI is InChI=1S/C56H34N4O/c1-3-13-35(14-4-1)36-23-27-39(28-24-36)59-48-21-11-8-17-41(48)43-31-32-46-51-49(34-33-44-42-18-9-12-22-50(42)61-55(44)51)60(54(46)53(43)59)40-29-25-38(26-30-40)56-57-47-20-10-7-19-45(47)52(58-56)37-15-5-2-6-16-37/h1-34H. The number of hydrogen-bond acceptors (Lipinski definition) is 3. The summed E-state index contributed by atoms with van der Waals surface area (Å²) in [7, 11) is 0. The highest BCUT2D eigenvalue weighted by Gasteiger charge is 2.24. The quantitative estimate of drug-likeness (QED) is 0.175. The molecule has 0 atom stereocenters. The van der Waals surface area contributed by atoms with Crippen molar-refractivity contribution in [1.29, 1.82) is 0 Å². The van der Waals surface area contributed by atoms with E-state index in [1.807, 2.05) is 24.3 Å². The largest absolute Gasteiger partial charge is 0.455 e. The first kappa shape index (κ1) is 33.7. The summed E-state index contributed by atoms with van der Waals surface area (Å²) >= 11 is 0. The summed E-state index contributed by atoms with van der Waals surface area (Å²) in [5.41, 5.74) is 14.6. The van der Waals surface area contributed by atoms with Gasteiger partial charge in [0.2, 0.25) is 0 Å². The van der Waals surface area contributed by atoms with Crippen molar-refractivity contribution in [3.8, 4) is 45.1 Å². The minimum absolute atomic E-state index is 0.691. The summed E-state index contributed by atoms with van der Waals surface area (Å²) < 4.78 is 11.7. The van der Waals surface area contributed by atoms with Gasteiger partial charge in [-0.3, -0.25) is 0 Å². The van der Waals surface area contributed by atoms with Crippen molar-refractivity contribution in [2.45, 2.75) is 0 Å². The van der Waals surface area contributed by atoms with E-state index in [4.69, 9.17) is 14.4 Å². The van der Waals surface area contributed by atoms with E-state index in [-0.39, 0.29) is 0 Å². The van der Waals surface area contributed by atoms with Crippen LogP contribution in [0.1, 0.15) is 0 Å². The number of aromatic nitrogens is 4. The van der Waals surface area contributed by atoms with Crippen LogP contribution in [0.3, 0.4) is 0 Å². The lowest BCUT2D eigenvalue weighted by molar-refractivity contribution is 0.673. The number of nitrogens with zero attached hydrogens (tertiary/aromatic N) is 4. The van der Waals surface area contributed by atoms with Gasteiger partial charge in [-0.2, -0.15) is 0 Å². The first-order valence-electron chi connectivity index (χ1n) is 20.7. The van der Waals surface area contributed by atoms with Gasteiger partial charge in [0.05, 0.1) is 38.7 Å². The molecule has 0 aliphatic carbocycles. The number of rotatable bonds is 5. The monoisotopic (exact) mass is 778 g/mol. The number of benzene rings is 9. The fraction of sp³-hybridized carbons (Fsp3) is 0. The molecule has 4 aromatic heterocycles. The van der Waals surface area contributed by atoms with Gasteiger partial charge in [0.25, 0.3) is 0 Å². The molecule has 0 radical (unpaired) electrons. The molecule has 61 heavy (non-hydrogen) atoms. The predicted molar refractivity (Wildman–Crippen MR) is 252 cm³/mol. The van der Waals surface area contributed by atoms with Gasteiger partial charge in [0.1, 0.15) is 11.2 Å². The molecule has 0 fully saturated rings.